The second kappa shape index (κ2) is 6.00. The van der Waals surface area contributed by atoms with Crippen LogP contribution in [-0.2, 0) is 0 Å². The van der Waals surface area contributed by atoms with Gasteiger partial charge in [-0.25, -0.2) is 4.39 Å². The number of hydrogen-bond acceptors (Lipinski definition) is 2. The summed E-state index contributed by atoms with van der Waals surface area (Å²) in [6.07, 6.45) is 3.87. The molecule has 1 aliphatic rings. The average Bonchev–Trinajstić information content (AvgIpc) is 2.99. The molecule has 0 amide bonds. The molecule has 21 heavy (non-hydrogen) atoms. The van der Waals surface area contributed by atoms with E-state index in [2.05, 4.69) is 5.32 Å². The van der Waals surface area contributed by atoms with Crippen LogP contribution in [0.25, 0.3) is 0 Å². The molecule has 0 atom stereocenters. The van der Waals surface area contributed by atoms with Gasteiger partial charge in [-0.3, -0.25) is 4.79 Å². The van der Waals surface area contributed by atoms with E-state index in [1.54, 1.807) is 6.07 Å². The van der Waals surface area contributed by atoms with Crippen LogP contribution in [0.4, 0.5) is 4.39 Å². The number of piperidine rings is 1. The Balaban J connectivity index is 1.95. The summed E-state index contributed by atoms with van der Waals surface area (Å²) in [5.74, 6) is -0.689. The van der Waals surface area contributed by atoms with E-state index in [0.29, 0.717) is 11.7 Å². The Kier molecular flexibility index (Phi) is 4.08. The lowest BCUT2D eigenvalue weighted by Gasteiger charge is -2.26. The zero-order valence-electron chi connectivity index (χ0n) is 11.5. The Bertz CT molecular complexity index is 662. The standard InChI is InChI=1S/C16H16ClFN2O/c17-14-4-3-11(18)10-13(14)16(21)15-2-1-9-20(15)12-5-7-19-8-6-12/h1-4,9-10,12,19H,5-8H2. The fraction of sp³-hybridized carbons (Fsp3) is 0.312. The Morgan fingerprint density at radius 3 is 2.81 bits per heavy atom. The predicted octanol–water partition coefficient (Wildman–Crippen LogP) is 3.44. The van der Waals surface area contributed by atoms with Crippen molar-refractivity contribution < 1.29 is 9.18 Å². The van der Waals surface area contributed by atoms with Gasteiger partial charge in [0.15, 0.2) is 0 Å². The van der Waals surface area contributed by atoms with Gasteiger partial charge in [-0.1, -0.05) is 11.6 Å². The molecule has 0 aliphatic carbocycles. The van der Waals surface area contributed by atoms with Crippen molar-refractivity contribution in [1.29, 1.82) is 0 Å². The molecule has 0 bridgehead atoms. The molecule has 1 saturated heterocycles. The SMILES string of the molecule is O=C(c1cc(F)ccc1Cl)c1cccn1C1CCNCC1. The van der Waals surface area contributed by atoms with Crippen LogP contribution in [0.1, 0.15) is 34.9 Å². The molecule has 2 heterocycles. The lowest BCUT2D eigenvalue weighted by molar-refractivity contribution is 0.102. The minimum Gasteiger partial charge on any atom is -0.342 e. The van der Waals surface area contributed by atoms with Crippen LogP contribution >= 0.6 is 11.6 Å². The Labute approximate surface area is 127 Å². The summed E-state index contributed by atoms with van der Waals surface area (Å²) in [6.45, 7) is 1.88. The number of carbonyl (C=O) groups is 1. The first kappa shape index (κ1) is 14.3. The maximum Gasteiger partial charge on any atom is 0.210 e. The van der Waals surface area contributed by atoms with Crippen molar-refractivity contribution in [2.75, 3.05) is 13.1 Å². The summed E-state index contributed by atoms with van der Waals surface area (Å²) in [5.41, 5.74) is 0.778. The van der Waals surface area contributed by atoms with Gasteiger partial charge in [-0.15, -0.1) is 0 Å². The average molecular weight is 307 g/mol. The van der Waals surface area contributed by atoms with E-state index in [1.165, 1.54) is 18.2 Å². The molecule has 0 unspecified atom stereocenters. The Morgan fingerprint density at radius 1 is 1.29 bits per heavy atom. The van der Waals surface area contributed by atoms with Gasteiger partial charge in [-0.2, -0.15) is 0 Å². The molecule has 110 valence electrons. The van der Waals surface area contributed by atoms with Crippen molar-refractivity contribution in [3.63, 3.8) is 0 Å². The van der Waals surface area contributed by atoms with E-state index in [0.717, 1.165) is 25.9 Å². The first-order valence-electron chi connectivity index (χ1n) is 7.04. The number of carbonyl (C=O) groups excluding carboxylic acids is 1. The highest BCUT2D eigenvalue weighted by Crippen LogP contribution is 2.25. The number of hydrogen-bond donors (Lipinski definition) is 1. The number of nitrogens with one attached hydrogen (secondary N) is 1. The molecule has 0 saturated carbocycles. The molecule has 3 nitrogen and oxygen atoms in total. The zero-order chi connectivity index (χ0) is 14.8. The van der Waals surface area contributed by atoms with Crippen LogP contribution in [0.2, 0.25) is 5.02 Å². The Hall–Kier alpha value is -1.65. The van der Waals surface area contributed by atoms with Crippen molar-refractivity contribution in [3.05, 3.63) is 58.6 Å². The Morgan fingerprint density at radius 2 is 2.05 bits per heavy atom. The second-order valence-electron chi connectivity index (χ2n) is 5.24. The molecule has 2 aromatic rings. The van der Waals surface area contributed by atoms with E-state index in [-0.39, 0.29) is 16.4 Å². The van der Waals surface area contributed by atoms with Crippen LogP contribution in [0.3, 0.4) is 0 Å². The van der Waals surface area contributed by atoms with Gasteiger partial charge in [-0.05, 0) is 56.3 Å². The summed E-state index contributed by atoms with van der Waals surface area (Å²) in [6, 6.07) is 7.79. The third-order valence-electron chi connectivity index (χ3n) is 3.89. The van der Waals surface area contributed by atoms with Gasteiger partial charge < -0.3 is 9.88 Å². The van der Waals surface area contributed by atoms with Crippen molar-refractivity contribution in [2.24, 2.45) is 0 Å². The van der Waals surface area contributed by atoms with Crippen molar-refractivity contribution in [3.8, 4) is 0 Å². The van der Waals surface area contributed by atoms with Gasteiger partial charge >= 0.3 is 0 Å². The second-order valence-corrected chi connectivity index (χ2v) is 5.64. The van der Waals surface area contributed by atoms with Gasteiger partial charge in [0.2, 0.25) is 5.78 Å². The van der Waals surface area contributed by atoms with E-state index < -0.39 is 5.82 Å². The topological polar surface area (TPSA) is 34.0 Å². The molecule has 1 aromatic heterocycles. The summed E-state index contributed by atoms with van der Waals surface area (Å²) in [7, 11) is 0. The van der Waals surface area contributed by atoms with Gasteiger partial charge in [0.1, 0.15) is 5.82 Å². The third-order valence-corrected chi connectivity index (χ3v) is 4.22. The highest BCUT2D eigenvalue weighted by atomic mass is 35.5. The van der Waals surface area contributed by atoms with Crippen LogP contribution in [0.15, 0.2) is 36.5 Å². The number of ketones is 1. The summed E-state index contributed by atoms with van der Waals surface area (Å²) in [4.78, 5) is 12.7. The largest absolute Gasteiger partial charge is 0.342 e. The normalized spacial score (nSPS) is 16.1. The predicted molar refractivity (Wildman–Crippen MR) is 80.4 cm³/mol. The van der Waals surface area contributed by atoms with E-state index in [1.807, 2.05) is 16.8 Å². The molecule has 1 N–H and O–H groups in total. The third kappa shape index (κ3) is 2.87. The van der Waals surface area contributed by atoms with E-state index in [9.17, 15) is 9.18 Å². The first-order chi connectivity index (χ1) is 10.2. The number of benzene rings is 1. The highest BCUT2D eigenvalue weighted by molar-refractivity contribution is 6.34. The molecule has 3 rings (SSSR count). The maximum atomic E-state index is 13.4. The van der Waals surface area contributed by atoms with Gasteiger partial charge in [0.25, 0.3) is 0 Å². The van der Waals surface area contributed by atoms with Crippen LogP contribution < -0.4 is 5.32 Å². The maximum absolute atomic E-state index is 13.4. The smallest absolute Gasteiger partial charge is 0.210 e. The van der Waals surface area contributed by atoms with Crippen LogP contribution in [0, 0.1) is 5.82 Å². The van der Waals surface area contributed by atoms with Crippen molar-refractivity contribution in [1.82, 2.24) is 9.88 Å². The van der Waals surface area contributed by atoms with E-state index >= 15 is 0 Å². The van der Waals surface area contributed by atoms with Crippen molar-refractivity contribution in [2.45, 2.75) is 18.9 Å². The minimum absolute atomic E-state index is 0.213. The van der Waals surface area contributed by atoms with Gasteiger partial charge in [0.05, 0.1) is 10.7 Å². The number of aromatic nitrogens is 1. The number of nitrogens with zero attached hydrogens (tertiary/aromatic N) is 1. The van der Waals surface area contributed by atoms with Crippen molar-refractivity contribution >= 4 is 17.4 Å². The van der Waals surface area contributed by atoms with E-state index in [4.69, 9.17) is 11.6 Å². The molecule has 1 aromatic carbocycles. The lowest BCUT2D eigenvalue weighted by atomic mass is 10.0. The van der Waals surface area contributed by atoms with Gasteiger partial charge in [0, 0.05) is 17.8 Å². The molecule has 1 aliphatic heterocycles. The fourth-order valence-electron chi connectivity index (χ4n) is 2.80. The van der Waals surface area contributed by atoms with Crippen LogP contribution in [-0.4, -0.2) is 23.4 Å². The quantitative estimate of drug-likeness (QED) is 0.882. The summed E-state index contributed by atoms with van der Waals surface area (Å²) >= 11 is 6.04. The molecule has 0 spiro atoms. The summed E-state index contributed by atoms with van der Waals surface area (Å²) in [5, 5.41) is 3.58. The molecular formula is C16H16ClFN2O. The molecule has 5 heteroatoms. The molecule has 1 fully saturated rings. The minimum atomic E-state index is -0.456. The molecular weight excluding hydrogens is 291 g/mol. The monoisotopic (exact) mass is 306 g/mol. The highest BCUT2D eigenvalue weighted by Gasteiger charge is 2.22. The number of halogens is 2. The number of rotatable bonds is 3. The first-order valence-corrected chi connectivity index (χ1v) is 7.42. The lowest BCUT2D eigenvalue weighted by Crippen LogP contribution is -2.30. The molecule has 0 radical (unpaired) electrons. The van der Waals surface area contributed by atoms with Crippen LogP contribution in [0.5, 0.6) is 0 Å². The summed E-state index contributed by atoms with van der Waals surface area (Å²) < 4.78 is 15.4. The zero-order valence-corrected chi connectivity index (χ0v) is 12.2. The fourth-order valence-corrected chi connectivity index (χ4v) is 3.00.